The predicted molar refractivity (Wildman–Crippen MR) is 74.7 cm³/mol. The summed E-state index contributed by atoms with van der Waals surface area (Å²) in [6, 6.07) is 0. The number of carbonyl (C=O) groups excluding carboxylic acids is 1. The first-order chi connectivity index (χ1) is 8.58. The quantitative estimate of drug-likeness (QED) is 0.569. The van der Waals surface area contributed by atoms with Gasteiger partial charge < -0.3 is 9.84 Å². The number of carboxylic acid groups (broad SMARTS) is 1. The lowest BCUT2D eigenvalue weighted by atomic mass is 9.83. The first-order valence-electron chi connectivity index (χ1n) is 6.65. The van der Waals surface area contributed by atoms with Crippen LogP contribution in [-0.2, 0) is 14.3 Å². The zero-order valence-electron chi connectivity index (χ0n) is 12.6. The third-order valence-electron chi connectivity index (χ3n) is 2.66. The topological polar surface area (TPSA) is 63.6 Å². The highest BCUT2D eigenvalue weighted by Crippen LogP contribution is 2.27. The van der Waals surface area contributed by atoms with Crippen molar-refractivity contribution in [2.45, 2.75) is 53.1 Å². The molecule has 0 amide bonds. The molecule has 0 aromatic carbocycles. The van der Waals surface area contributed by atoms with E-state index in [1.807, 2.05) is 13.8 Å². The van der Waals surface area contributed by atoms with Crippen molar-refractivity contribution in [3.05, 3.63) is 12.7 Å². The fourth-order valence-electron chi connectivity index (χ4n) is 1.93. The van der Waals surface area contributed by atoms with Crippen LogP contribution in [0.1, 0.15) is 47.5 Å². The largest absolute Gasteiger partial charge is 0.481 e. The molecule has 1 unspecified atom stereocenters. The zero-order chi connectivity index (χ0) is 15.2. The van der Waals surface area contributed by atoms with Gasteiger partial charge in [-0.1, -0.05) is 19.9 Å². The highest BCUT2D eigenvalue weighted by atomic mass is 16.6. The Labute approximate surface area is 115 Å². The monoisotopic (exact) mass is 270 g/mol. The van der Waals surface area contributed by atoms with Crippen LogP contribution in [0.25, 0.3) is 0 Å². The maximum Gasteiger partial charge on any atom is 0.310 e. The lowest BCUT2D eigenvalue weighted by molar-refractivity contribution is -0.167. The van der Waals surface area contributed by atoms with Crippen molar-refractivity contribution in [1.82, 2.24) is 0 Å². The molecule has 0 saturated carbocycles. The molecule has 0 aromatic rings. The first kappa shape index (κ1) is 17.7. The van der Waals surface area contributed by atoms with Crippen LogP contribution in [0, 0.1) is 17.8 Å². The van der Waals surface area contributed by atoms with E-state index in [1.165, 1.54) is 0 Å². The van der Waals surface area contributed by atoms with Crippen molar-refractivity contribution in [2.24, 2.45) is 17.8 Å². The van der Waals surface area contributed by atoms with Gasteiger partial charge in [0, 0.05) is 0 Å². The second-order valence-corrected chi connectivity index (χ2v) is 6.24. The molecule has 0 aliphatic carbocycles. The molecule has 0 aromatic heterocycles. The maximum absolute atomic E-state index is 12.1. The Hall–Kier alpha value is -1.32. The van der Waals surface area contributed by atoms with Crippen molar-refractivity contribution in [3.63, 3.8) is 0 Å². The lowest BCUT2D eigenvalue weighted by Crippen LogP contribution is -2.36. The van der Waals surface area contributed by atoms with E-state index >= 15 is 0 Å². The second kappa shape index (κ2) is 7.31. The van der Waals surface area contributed by atoms with E-state index in [4.69, 9.17) is 4.74 Å². The average molecular weight is 270 g/mol. The molecule has 110 valence electrons. The molecule has 19 heavy (non-hydrogen) atoms. The van der Waals surface area contributed by atoms with Crippen molar-refractivity contribution in [3.8, 4) is 0 Å². The van der Waals surface area contributed by atoms with E-state index in [1.54, 1.807) is 26.8 Å². The first-order valence-corrected chi connectivity index (χ1v) is 6.65. The van der Waals surface area contributed by atoms with Crippen molar-refractivity contribution < 1.29 is 19.4 Å². The third-order valence-corrected chi connectivity index (χ3v) is 2.66. The second-order valence-electron chi connectivity index (χ2n) is 6.24. The maximum atomic E-state index is 12.1. The molecule has 0 bridgehead atoms. The number of rotatable bonds is 7. The molecule has 1 N–H and O–H groups in total. The fraction of sp³-hybridized carbons (Fsp3) is 0.733. The third kappa shape index (κ3) is 6.99. The number of hydrogen-bond acceptors (Lipinski definition) is 3. The minimum atomic E-state index is -0.952. The Kier molecular flexibility index (Phi) is 6.81. The number of hydrogen-bond donors (Lipinski definition) is 1. The Morgan fingerprint density at radius 1 is 1.26 bits per heavy atom. The zero-order valence-corrected chi connectivity index (χ0v) is 12.6. The van der Waals surface area contributed by atoms with Crippen molar-refractivity contribution in [2.75, 3.05) is 0 Å². The molecular weight excluding hydrogens is 244 g/mol. The molecular formula is C15H26O4. The van der Waals surface area contributed by atoms with Crippen molar-refractivity contribution >= 4 is 11.9 Å². The summed E-state index contributed by atoms with van der Waals surface area (Å²) < 4.78 is 5.32. The molecule has 4 nitrogen and oxygen atoms in total. The predicted octanol–water partition coefficient (Wildman–Crippen LogP) is 3.27. The van der Waals surface area contributed by atoms with Gasteiger partial charge in [0.05, 0.1) is 11.8 Å². The lowest BCUT2D eigenvalue weighted by Gasteiger charge is -2.27. The summed E-state index contributed by atoms with van der Waals surface area (Å²) in [6.45, 7) is 12.8. The van der Waals surface area contributed by atoms with E-state index in [0.29, 0.717) is 12.8 Å². The Morgan fingerprint density at radius 2 is 1.79 bits per heavy atom. The van der Waals surface area contributed by atoms with E-state index in [9.17, 15) is 14.7 Å². The molecule has 0 spiro atoms. The minimum absolute atomic E-state index is 0.204. The summed E-state index contributed by atoms with van der Waals surface area (Å²) in [5.41, 5.74) is -0.614. The molecule has 0 saturated heterocycles. The average Bonchev–Trinajstić information content (AvgIpc) is 2.19. The van der Waals surface area contributed by atoms with Gasteiger partial charge in [-0.05, 0) is 39.5 Å². The molecule has 0 heterocycles. The minimum Gasteiger partial charge on any atom is -0.481 e. The van der Waals surface area contributed by atoms with E-state index in [-0.39, 0.29) is 5.92 Å². The Balaban J connectivity index is 5.07. The van der Waals surface area contributed by atoms with Gasteiger partial charge >= 0.3 is 11.9 Å². The number of esters is 1. The van der Waals surface area contributed by atoms with Crippen LogP contribution < -0.4 is 0 Å². The van der Waals surface area contributed by atoms with Gasteiger partial charge in [-0.2, -0.15) is 0 Å². The summed E-state index contributed by atoms with van der Waals surface area (Å²) in [5.74, 6) is -2.60. The van der Waals surface area contributed by atoms with Gasteiger partial charge in [0.15, 0.2) is 0 Å². The van der Waals surface area contributed by atoms with E-state index < -0.39 is 29.4 Å². The standard InChI is InChI=1S/C15H26O4/c1-7-8-11(14(18)19-15(4,5)6)12(13(16)17)9-10(2)3/h7,10-12H,1,8-9H2,2-6H3,(H,16,17)/t11-,12?/m1/s1. The SMILES string of the molecule is C=CC[C@@H](C(=O)OC(C)(C)C)C(CC(C)C)C(=O)O. The molecule has 4 heteroatoms. The summed E-state index contributed by atoms with van der Waals surface area (Å²) in [6.07, 6.45) is 2.34. The van der Waals surface area contributed by atoms with E-state index in [0.717, 1.165) is 0 Å². The van der Waals surface area contributed by atoms with Crippen LogP contribution in [0.4, 0.5) is 0 Å². The molecule has 0 aliphatic rings. The van der Waals surface area contributed by atoms with Crippen LogP contribution in [-0.4, -0.2) is 22.6 Å². The number of carboxylic acids is 1. The number of ether oxygens (including phenoxy) is 1. The molecule has 2 atom stereocenters. The van der Waals surface area contributed by atoms with Crippen molar-refractivity contribution in [1.29, 1.82) is 0 Å². The number of allylic oxidation sites excluding steroid dienone is 1. The Bertz CT molecular complexity index is 326. The van der Waals surface area contributed by atoms with Gasteiger partial charge in [-0.15, -0.1) is 6.58 Å². The summed E-state index contributed by atoms with van der Waals surface area (Å²) in [5, 5.41) is 9.32. The Morgan fingerprint density at radius 3 is 2.11 bits per heavy atom. The van der Waals surface area contributed by atoms with Gasteiger partial charge in [0.1, 0.15) is 5.60 Å². The van der Waals surface area contributed by atoms with Gasteiger partial charge in [0.2, 0.25) is 0 Å². The smallest absolute Gasteiger partial charge is 0.310 e. The van der Waals surface area contributed by atoms with Crippen LogP contribution >= 0.6 is 0 Å². The molecule has 0 fully saturated rings. The van der Waals surface area contributed by atoms with Crippen LogP contribution in [0.15, 0.2) is 12.7 Å². The van der Waals surface area contributed by atoms with Crippen LogP contribution in [0.2, 0.25) is 0 Å². The highest BCUT2D eigenvalue weighted by Gasteiger charge is 2.35. The molecule has 0 rings (SSSR count). The summed E-state index contributed by atoms with van der Waals surface area (Å²) in [7, 11) is 0. The summed E-state index contributed by atoms with van der Waals surface area (Å²) in [4.78, 5) is 23.5. The molecule has 0 aliphatic heterocycles. The van der Waals surface area contributed by atoms with Gasteiger partial charge in [-0.3, -0.25) is 9.59 Å². The molecule has 0 radical (unpaired) electrons. The van der Waals surface area contributed by atoms with Gasteiger partial charge in [-0.25, -0.2) is 0 Å². The number of aliphatic carboxylic acids is 1. The number of carbonyl (C=O) groups is 2. The summed E-state index contributed by atoms with van der Waals surface area (Å²) >= 11 is 0. The van der Waals surface area contributed by atoms with Crippen LogP contribution in [0.5, 0.6) is 0 Å². The van der Waals surface area contributed by atoms with E-state index in [2.05, 4.69) is 6.58 Å². The highest BCUT2D eigenvalue weighted by molar-refractivity contribution is 5.81. The normalized spacial score (nSPS) is 14.8. The fourth-order valence-corrected chi connectivity index (χ4v) is 1.93. The van der Waals surface area contributed by atoms with Gasteiger partial charge in [0.25, 0.3) is 0 Å². The van der Waals surface area contributed by atoms with Crippen LogP contribution in [0.3, 0.4) is 0 Å².